The Hall–Kier alpha value is -1.88. The van der Waals surface area contributed by atoms with Gasteiger partial charge in [0.25, 0.3) is 0 Å². The highest BCUT2D eigenvalue weighted by molar-refractivity contribution is 5.85. The predicted octanol–water partition coefficient (Wildman–Crippen LogP) is 0.193. The third kappa shape index (κ3) is 4.65. The summed E-state index contributed by atoms with van der Waals surface area (Å²) >= 11 is 0. The lowest BCUT2D eigenvalue weighted by molar-refractivity contribution is -0.148. The Morgan fingerprint density at radius 1 is 1.35 bits per heavy atom. The van der Waals surface area contributed by atoms with E-state index in [1.807, 2.05) is 30.3 Å². The van der Waals surface area contributed by atoms with Gasteiger partial charge in [-0.3, -0.25) is 4.79 Å². The molecule has 0 aromatic heterocycles. The summed E-state index contributed by atoms with van der Waals surface area (Å²) in [6, 6.07) is 8.64. The number of rotatable bonds is 5. The smallest absolute Gasteiger partial charge is 0.328 e. The van der Waals surface area contributed by atoms with Crippen LogP contribution in [0.1, 0.15) is 12.5 Å². The molecule has 0 aliphatic heterocycles. The molecule has 0 saturated heterocycles. The van der Waals surface area contributed by atoms with Gasteiger partial charge < -0.3 is 15.8 Å². The fourth-order valence-electron chi connectivity index (χ4n) is 1.21. The Morgan fingerprint density at radius 3 is 2.59 bits per heavy atom. The average Bonchev–Trinajstić information content (AvgIpc) is 2.36. The van der Waals surface area contributed by atoms with Gasteiger partial charge in [-0.1, -0.05) is 30.3 Å². The fraction of sp³-hybridized carbons (Fsp3) is 0.333. The van der Waals surface area contributed by atoms with Gasteiger partial charge >= 0.3 is 5.97 Å². The van der Waals surface area contributed by atoms with Crippen molar-refractivity contribution < 1.29 is 14.3 Å². The number of amides is 1. The van der Waals surface area contributed by atoms with Crippen molar-refractivity contribution in [2.24, 2.45) is 5.73 Å². The molecule has 1 unspecified atom stereocenters. The highest BCUT2D eigenvalue weighted by atomic mass is 16.5. The third-order valence-electron chi connectivity index (χ3n) is 2.14. The average molecular weight is 236 g/mol. The maximum absolute atomic E-state index is 11.5. The van der Waals surface area contributed by atoms with E-state index in [0.717, 1.165) is 5.56 Å². The number of benzene rings is 1. The van der Waals surface area contributed by atoms with Crippen molar-refractivity contribution in [1.29, 1.82) is 0 Å². The van der Waals surface area contributed by atoms with Crippen LogP contribution in [0.25, 0.3) is 0 Å². The number of hydrogen-bond acceptors (Lipinski definition) is 4. The zero-order chi connectivity index (χ0) is 12.7. The molecule has 5 nitrogen and oxygen atoms in total. The van der Waals surface area contributed by atoms with Crippen LogP contribution >= 0.6 is 0 Å². The number of nitrogens with one attached hydrogen (secondary N) is 1. The molecule has 92 valence electrons. The van der Waals surface area contributed by atoms with Gasteiger partial charge in [0, 0.05) is 0 Å². The number of nitrogens with two attached hydrogens (primary N) is 1. The van der Waals surface area contributed by atoms with Crippen molar-refractivity contribution in [3.05, 3.63) is 35.9 Å². The second kappa shape index (κ2) is 6.65. The van der Waals surface area contributed by atoms with Crippen LogP contribution in [0.3, 0.4) is 0 Å². The van der Waals surface area contributed by atoms with Crippen LogP contribution in [-0.4, -0.2) is 24.5 Å². The van der Waals surface area contributed by atoms with Crippen molar-refractivity contribution in [3.63, 3.8) is 0 Å². The molecule has 0 radical (unpaired) electrons. The van der Waals surface area contributed by atoms with Crippen molar-refractivity contribution in [2.75, 3.05) is 6.54 Å². The first kappa shape index (κ1) is 13.2. The molecule has 0 spiro atoms. The summed E-state index contributed by atoms with van der Waals surface area (Å²) in [5.41, 5.74) is 6.02. The topological polar surface area (TPSA) is 81.4 Å². The quantitative estimate of drug-likeness (QED) is 0.715. The third-order valence-corrected chi connectivity index (χ3v) is 2.14. The monoisotopic (exact) mass is 236 g/mol. The summed E-state index contributed by atoms with van der Waals surface area (Å²) in [7, 11) is 0. The molecule has 1 aromatic carbocycles. The highest BCUT2D eigenvalue weighted by Gasteiger charge is 2.15. The van der Waals surface area contributed by atoms with Gasteiger partial charge in [-0.2, -0.15) is 0 Å². The highest BCUT2D eigenvalue weighted by Crippen LogP contribution is 2.01. The number of carbonyl (C=O) groups is 2. The minimum absolute atomic E-state index is 0.143. The summed E-state index contributed by atoms with van der Waals surface area (Å²) in [5, 5.41) is 2.43. The second-order valence-corrected chi connectivity index (χ2v) is 3.59. The second-order valence-electron chi connectivity index (χ2n) is 3.59. The molecule has 1 rings (SSSR count). The van der Waals surface area contributed by atoms with Crippen molar-refractivity contribution in [2.45, 2.75) is 19.6 Å². The molecule has 3 N–H and O–H groups in total. The lowest BCUT2D eigenvalue weighted by Gasteiger charge is -2.12. The maximum Gasteiger partial charge on any atom is 0.328 e. The first-order valence-corrected chi connectivity index (χ1v) is 5.33. The lowest BCUT2D eigenvalue weighted by atomic mass is 10.2. The minimum Gasteiger partial charge on any atom is -0.459 e. The van der Waals surface area contributed by atoms with E-state index in [-0.39, 0.29) is 19.1 Å². The van der Waals surface area contributed by atoms with Gasteiger partial charge in [0.05, 0.1) is 6.54 Å². The van der Waals surface area contributed by atoms with Gasteiger partial charge in [0.15, 0.2) is 0 Å². The van der Waals surface area contributed by atoms with E-state index in [4.69, 9.17) is 10.5 Å². The van der Waals surface area contributed by atoms with Crippen molar-refractivity contribution >= 4 is 11.9 Å². The number of esters is 1. The van der Waals surface area contributed by atoms with Gasteiger partial charge in [-0.25, -0.2) is 4.79 Å². The van der Waals surface area contributed by atoms with E-state index in [0.29, 0.717) is 0 Å². The summed E-state index contributed by atoms with van der Waals surface area (Å²) in [5.74, 6) is -0.857. The summed E-state index contributed by atoms with van der Waals surface area (Å²) in [6.07, 6.45) is 0. The molecule has 1 amide bonds. The van der Waals surface area contributed by atoms with E-state index in [1.54, 1.807) is 6.92 Å². The van der Waals surface area contributed by atoms with Gasteiger partial charge in [-0.05, 0) is 12.5 Å². The molecule has 17 heavy (non-hydrogen) atoms. The van der Waals surface area contributed by atoms with E-state index >= 15 is 0 Å². The molecular formula is C12H16N2O3. The first-order chi connectivity index (χ1) is 8.13. The Kier molecular flexibility index (Phi) is 5.16. The van der Waals surface area contributed by atoms with Crippen LogP contribution in [0.15, 0.2) is 30.3 Å². The van der Waals surface area contributed by atoms with Gasteiger partial charge in [0.2, 0.25) is 5.91 Å². The number of ether oxygens (including phenoxy) is 1. The first-order valence-electron chi connectivity index (χ1n) is 5.33. The van der Waals surface area contributed by atoms with Crippen molar-refractivity contribution in [3.8, 4) is 0 Å². The summed E-state index contributed by atoms with van der Waals surface area (Å²) < 4.78 is 5.04. The van der Waals surface area contributed by atoms with E-state index in [9.17, 15) is 9.59 Å². The lowest BCUT2D eigenvalue weighted by Crippen LogP contribution is -2.42. The maximum atomic E-state index is 11.5. The fourth-order valence-corrected chi connectivity index (χ4v) is 1.21. The SMILES string of the molecule is CC(NC(=O)CN)C(=O)OCc1ccccc1. The molecular weight excluding hydrogens is 220 g/mol. The van der Waals surface area contributed by atoms with E-state index < -0.39 is 12.0 Å². The Morgan fingerprint density at radius 2 is 2.00 bits per heavy atom. The van der Waals surface area contributed by atoms with Crippen LogP contribution < -0.4 is 11.1 Å². The molecule has 0 fully saturated rings. The predicted molar refractivity (Wildman–Crippen MR) is 62.9 cm³/mol. The zero-order valence-electron chi connectivity index (χ0n) is 9.68. The normalized spacial score (nSPS) is 11.6. The molecule has 1 aromatic rings. The largest absolute Gasteiger partial charge is 0.459 e. The standard InChI is InChI=1S/C12H16N2O3/c1-9(14-11(15)7-13)12(16)17-8-10-5-3-2-4-6-10/h2-6,9H,7-8,13H2,1H3,(H,14,15). The molecule has 0 aliphatic rings. The number of carbonyl (C=O) groups excluding carboxylic acids is 2. The molecule has 0 bridgehead atoms. The zero-order valence-corrected chi connectivity index (χ0v) is 9.68. The Labute approximate surface area is 99.9 Å². The van der Waals surface area contributed by atoms with Gasteiger partial charge in [0.1, 0.15) is 12.6 Å². The summed E-state index contributed by atoms with van der Waals surface area (Å²) in [6.45, 7) is 1.61. The van der Waals surface area contributed by atoms with E-state index in [2.05, 4.69) is 5.32 Å². The number of hydrogen-bond donors (Lipinski definition) is 2. The van der Waals surface area contributed by atoms with E-state index in [1.165, 1.54) is 0 Å². The molecule has 0 saturated carbocycles. The van der Waals surface area contributed by atoms with Crippen LogP contribution in [0, 0.1) is 0 Å². The molecule has 1 atom stereocenters. The molecule has 5 heteroatoms. The van der Waals surface area contributed by atoms with Crippen LogP contribution in [0.2, 0.25) is 0 Å². The van der Waals surface area contributed by atoms with Crippen molar-refractivity contribution in [1.82, 2.24) is 5.32 Å². The Balaban J connectivity index is 2.37. The van der Waals surface area contributed by atoms with Crippen LogP contribution in [0.5, 0.6) is 0 Å². The Bertz CT molecular complexity index is 379. The minimum atomic E-state index is -0.685. The summed E-state index contributed by atoms with van der Waals surface area (Å²) in [4.78, 5) is 22.4. The molecule has 0 aliphatic carbocycles. The van der Waals surface area contributed by atoms with Crippen LogP contribution in [-0.2, 0) is 20.9 Å². The van der Waals surface area contributed by atoms with Gasteiger partial charge in [-0.15, -0.1) is 0 Å². The van der Waals surface area contributed by atoms with Crippen LogP contribution in [0.4, 0.5) is 0 Å². The molecule has 0 heterocycles.